The molecule has 0 aliphatic carbocycles. The first-order valence-electron chi connectivity index (χ1n) is 6.22. The Bertz CT molecular complexity index is 770. The number of aryl methyl sites for hydroxylation is 1. The number of carbonyl (C=O) groups is 3. The number of hydrogen-bond donors (Lipinski definition) is 4. The zero-order chi connectivity index (χ0) is 17.7. The van der Waals surface area contributed by atoms with Crippen molar-refractivity contribution in [2.24, 2.45) is 5.73 Å². The van der Waals surface area contributed by atoms with E-state index in [-0.39, 0.29) is 11.1 Å². The van der Waals surface area contributed by atoms with Crippen molar-refractivity contribution in [3.63, 3.8) is 0 Å². The summed E-state index contributed by atoms with van der Waals surface area (Å²) in [6.45, 7) is 3.00. The van der Waals surface area contributed by atoms with Crippen LogP contribution in [-0.4, -0.2) is 38.3 Å². The zero-order valence-electron chi connectivity index (χ0n) is 12.3. The van der Waals surface area contributed by atoms with Crippen LogP contribution in [0, 0.1) is 19.7 Å². The highest BCUT2D eigenvalue weighted by molar-refractivity contribution is 5.96. The van der Waals surface area contributed by atoms with Gasteiger partial charge in [-0.05, 0) is 31.5 Å². The van der Waals surface area contributed by atoms with Crippen molar-refractivity contribution in [2.75, 3.05) is 0 Å². The summed E-state index contributed by atoms with van der Waals surface area (Å²) in [4.78, 5) is 31.6. The number of carbonyl (C=O) groups excluding carboxylic acids is 1. The molecule has 2 rings (SSSR count). The van der Waals surface area contributed by atoms with E-state index in [2.05, 4.69) is 10.2 Å². The third-order valence-electron chi connectivity index (χ3n) is 2.95. The van der Waals surface area contributed by atoms with E-state index in [4.69, 9.17) is 15.9 Å². The Morgan fingerprint density at radius 3 is 2.09 bits per heavy atom. The van der Waals surface area contributed by atoms with E-state index in [1.807, 2.05) is 0 Å². The van der Waals surface area contributed by atoms with Gasteiger partial charge in [-0.3, -0.25) is 9.89 Å². The topological polar surface area (TPSA) is 146 Å². The molecule has 0 radical (unpaired) electrons. The molecule has 1 aromatic heterocycles. The molecule has 1 aromatic carbocycles. The predicted octanol–water partition coefficient (Wildman–Crippen LogP) is 1.35. The summed E-state index contributed by atoms with van der Waals surface area (Å²) in [5.74, 6) is -4.12. The molecule has 2 aromatic rings. The summed E-state index contributed by atoms with van der Waals surface area (Å²) in [6, 6.07) is 1.87. The monoisotopic (exact) mass is 323 g/mol. The molecule has 0 spiro atoms. The molecule has 23 heavy (non-hydrogen) atoms. The Hall–Kier alpha value is -3.23. The number of halogens is 1. The van der Waals surface area contributed by atoms with Gasteiger partial charge in [0.15, 0.2) is 0 Å². The van der Waals surface area contributed by atoms with Crippen molar-refractivity contribution < 1.29 is 29.0 Å². The number of benzene rings is 1. The van der Waals surface area contributed by atoms with Crippen LogP contribution >= 0.6 is 0 Å². The number of carboxylic acid groups (broad SMARTS) is 2. The molecular weight excluding hydrogens is 309 g/mol. The highest BCUT2D eigenvalue weighted by Gasteiger charge is 2.19. The Morgan fingerprint density at radius 1 is 1.13 bits per heavy atom. The van der Waals surface area contributed by atoms with Crippen LogP contribution in [-0.2, 0) is 0 Å². The fraction of sp³-hybridized carbons (Fsp3) is 0.143. The summed E-state index contributed by atoms with van der Waals surface area (Å²) in [5, 5.41) is 23.5. The number of amides is 1. The van der Waals surface area contributed by atoms with Crippen molar-refractivity contribution >= 4 is 17.8 Å². The van der Waals surface area contributed by atoms with Crippen molar-refractivity contribution in [1.82, 2.24) is 10.2 Å². The highest BCUT2D eigenvalue weighted by Crippen LogP contribution is 2.17. The first-order chi connectivity index (χ1) is 10.7. The lowest BCUT2D eigenvalue weighted by Gasteiger charge is -2.05. The fourth-order valence-electron chi connectivity index (χ4n) is 1.77. The SMILES string of the molecule is Cc1[nH]ncc1C(N)=O.Cc1c(C(=O)O)ccc(F)c1C(=O)O. The molecule has 0 saturated carbocycles. The van der Waals surface area contributed by atoms with Gasteiger partial charge in [0.2, 0.25) is 0 Å². The van der Waals surface area contributed by atoms with E-state index < -0.39 is 29.2 Å². The van der Waals surface area contributed by atoms with Gasteiger partial charge in [-0.2, -0.15) is 5.10 Å². The van der Waals surface area contributed by atoms with Gasteiger partial charge in [-0.15, -0.1) is 0 Å². The Morgan fingerprint density at radius 2 is 1.74 bits per heavy atom. The molecule has 0 aliphatic rings. The highest BCUT2D eigenvalue weighted by atomic mass is 19.1. The van der Waals surface area contributed by atoms with Crippen LogP contribution in [0.5, 0.6) is 0 Å². The number of carboxylic acids is 2. The summed E-state index contributed by atoms with van der Waals surface area (Å²) in [6.07, 6.45) is 1.41. The van der Waals surface area contributed by atoms with Crippen molar-refractivity contribution in [1.29, 1.82) is 0 Å². The van der Waals surface area contributed by atoms with E-state index in [1.54, 1.807) is 6.92 Å². The van der Waals surface area contributed by atoms with Crippen LogP contribution in [0.2, 0.25) is 0 Å². The quantitative estimate of drug-likeness (QED) is 0.670. The van der Waals surface area contributed by atoms with Crippen LogP contribution in [0.15, 0.2) is 18.3 Å². The molecular formula is C14H14FN3O5. The second-order valence-electron chi connectivity index (χ2n) is 4.48. The van der Waals surface area contributed by atoms with E-state index in [9.17, 15) is 18.8 Å². The number of nitrogens with one attached hydrogen (secondary N) is 1. The number of aromatic nitrogens is 2. The first-order valence-corrected chi connectivity index (χ1v) is 6.22. The maximum Gasteiger partial charge on any atom is 0.338 e. The molecule has 0 aliphatic heterocycles. The minimum Gasteiger partial charge on any atom is -0.478 e. The van der Waals surface area contributed by atoms with Crippen LogP contribution in [0.3, 0.4) is 0 Å². The van der Waals surface area contributed by atoms with Gasteiger partial charge in [0.1, 0.15) is 5.82 Å². The van der Waals surface area contributed by atoms with Gasteiger partial charge in [0, 0.05) is 5.69 Å². The van der Waals surface area contributed by atoms with Gasteiger partial charge in [-0.25, -0.2) is 14.0 Å². The first kappa shape index (κ1) is 17.8. The number of H-pyrrole nitrogens is 1. The lowest BCUT2D eigenvalue weighted by Crippen LogP contribution is -2.10. The molecule has 1 amide bonds. The van der Waals surface area contributed by atoms with Gasteiger partial charge in [0.05, 0.1) is 22.9 Å². The minimum absolute atomic E-state index is 0.0787. The number of rotatable bonds is 3. The Balaban J connectivity index is 0.000000253. The van der Waals surface area contributed by atoms with Crippen molar-refractivity contribution in [3.8, 4) is 0 Å². The smallest absolute Gasteiger partial charge is 0.338 e. The van der Waals surface area contributed by atoms with Crippen molar-refractivity contribution in [2.45, 2.75) is 13.8 Å². The standard InChI is InChI=1S/C9H7FO4.C5H7N3O/c1-4-5(8(11)12)2-3-6(10)7(4)9(13)14;1-3-4(5(6)9)2-7-8-3/h2-3H,1H3,(H,11,12)(H,13,14);2H,1H3,(H2,6,9)(H,7,8). The zero-order valence-corrected chi connectivity index (χ0v) is 12.3. The lowest BCUT2D eigenvalue weighted by molar-refractivity contribution is 0.0690. The number of nitrogens with zero attached hydrogens (tertiary/aromatic N) is 1. The number of hydrogen-bond acceptors (Lipinski definition) is 4. The number of aromatic amines is 1. The van der Waals surface area contributed by atoms with E-state index in [1.165, 1.54) is 13.1 Å². The molecule has 9 heteroatoms. The van der Waals surface area contributed by atoms with E-state index in [0.29, 0.717) is 11.3 Å². The van der Waals surface area contributed by atoms with E-state index in [0.717, 1.165) is 12.1 Å². The number of nitrogens with two attached hydrogens (primary N) is 1. The lowest BCUT2D eigenvalue weighted by atomic mass is 10.0. The van der Waals surface area contributed by atoms with Crippen LogP contribution < -0.4 is 5.73 Å². The second kappa shape index (κ2) is 7.16. The summed E-state index contributed by atoms with van der Waals surface area (Å²) < 4.78 is 13.0. The van der Waals surface area contributed by atoms with Crippen LogP contribution in [0.25, 0.3) is 0 Å². The van der Waals surface area contributed by atoms with Gasteiger partial charge < -0.3 is 15.9 Å². The molecule has 5 N–H and O–H groups in total. The predicted molar refractivity (Wildman–Crippen MR) is 76.9 cm³/mol. The molecule has 1 heterocycles. The largest absolute Gasteiger partial charge is 0.478 e. The third-order valence-corrected chi connectivity index (χ3v) is 2.95. The number of aromatic carboxylic acids is 2. The summed E-state index contributed by atoms with van der Waals surface area (Å²) in [7, 11) is 0. The number of primary amides is 1. The maximum absolute atomic E-state index is 13.0. The molecule has 0 bridgehead atoms. The van der Waals surface area contributed by atoms with Crippen LogP contribution in [0.1, 0.15) is 42.3 Å². The molecule has 8 nitrogen and oxygen atoms in total. The van der Waals surface area contributed by atoms with Gasteiger partial charge >= 0.3 is 11.9 Å². The summed E-state index contributed by atoms with van der Waals surface area (Å²) >= 11 is 0. The minimum atomic E-state index is -1.47. The Kier molecular flexibility index (Phi) is 5.55. The fourth-order valence-corrected chi connectivity index (χ4v) is 1.77. The van der Waals surface area contributed by atoms with Crippen LogP contribution in [0.4, 0.5) is 4.39 Å². The molecule has 122 valence electrons. The Labute approximate surface area is 129 Å². The third kappa shape index (κ3) is 4.13. The normalized spacial score (nSPS) is 9.70. The van der Waals surface area contributed by atoms with E-state index >= 15 is 0 Å². The van der Waals surface area contributed by atoms with Gasteiger partial charge in [0.25, 0.3) is 5.91 Å². The second-order valence-corrected chi connectivity index (χ2v) is 4.48. The van der Waals surface area contributed by atoms with Crippen molar-refractivity contribution in [3.05, 3.63) is 52.1 Å². The summed E-state index contributed by atoms with van der Waals surface area (Å²) in [5.41, 5.74) is 5.25. The molecule has 0 atom stereocenters. The molecule has 0 saturated heterocycles. The average molecular weight is 323 g/mol. The maximum atomic E-state index is 13.0. The average Bonchev–Trinajstić information content (AvgIpc) is 2.85. The molecule has 0 fully saturated rings. The van der Waals surface area contributed by atoms with Gasteiger partial charge in [-0.1, -0.05) is 0 Å². The molecule has 0 unspecified atom stereocenters.